The van der Waals surface area contributed by atoms with Gasteiger partial charge in [0.2, 0.25) is 0 Å². The summed E-state index contributed by atoms with van der Waals surface area (Å²) < 4.78 is 0.491. The number of rotatable bonds is 0. The first-order chi connectivity index (χ1) is 5.75. The second-order valence-electron chi connectivity index (χ2n) is 2.42. The zero-order chi connectivity index (χ0) is 8.55. The topological polar surface area (TPSA) is 28.7 Å². The Hall–Kier alpha value is -0.930. The van der Waals surface area contributed by atoms with Crippen LogP contribution in [0.3, 0.4) is 0 Å². The molecule has 60 valence electrons. The number of fused-ring (bicyclic) bond motifs is 1. The van der Waals surface area contributed by atoms with Gasteiger partial charge in [-0.1, -0.05) is 11.6 Å². The number of hydrogen-bond acceptors (Lipinski definition) is 2. The summed E-state index contributed by atoms with van der Waals surface area (Å²) in [5.41, 5.74) is 0.958. The number of benzene rings is 1. The van der Waals surface area contributed by atoms with E-state index in [0.717, 1.165) is 10.9 Å². The molecule has 0 amide bonds. The zero-order valence-corrected chi connectivity index (χ0v) is 7.62. The van der Waals surface area contributed by atoms with Gasteiger partial charge in [0, 0.05) is 22.1 Å². The fourth-order valence-corrected chi connectivity index (χ4v) is 1.37. The fraction of sp³-hybridized carbons (Fsp3) is 0. The van der Waals surface area contributed by atoms with Gasteiger partial charge in [-0.2, -0.15) is 0 Å². The molecule has 0 saturated heterocycles. The number of nitrogens with zero attached hydrogens (tertiary/aromatic N) is 1. The van der Waals surface area contributed by atoms with Crippen molar-refractivity contribution in [3.63, 3.8) is 0 Å². The van der Waals surface area contributed by atoms with Crippen molar-refractivity contribution in [2.24, 2.45) is 0 Å². The first-order valence-electron chi connectivity index (χ1n) is 3.40. The molecule has 1 aromatic heterocycles. The van der Waals surface area contributed by atoms with Crippen molar-refractivity contribution in [2.75, 3.05) is 0 Å². The predicted molar refractivity (Wildman–Crippen MR) is 51.9 cm³/mol. The van der Waals surface area contributed by atoms with Crippen molar-refractivity contribution in [2.45, 2.75) is 0 Å². The van der Waals surface area contributed by atoms with E-state index in [2.05, 4.69) is 9.97 Å². The Labute approximate surface area is 79.2 Å². The second-order valence-corrected chi connectivity index (χ2v) is 3.24. The number of H-pyrrole nitrogens is 1. The van der Waals surface area contributed by atoms with E-state index < -0.39 is 0 Å². The van der Waals surface area contributed by atoms with Crippen LogP contribution in [0.15, 0.2) is 24.4 Å². The summed E-state index contributed by atoms with van der Waals surface area (Å²) in [4.78, 5) is 6.91. The number of aromatic amines is 1. The monoisotopic (exact) mass is 196 g/mol. The molecule has 2 nitrogen and oxygen atoms in total. The second kappa shape index (κ2) is 2.84. The van der Waals surface area contributed by atoms with Gasteiger partial charge >= 0.3 is 0 Å². The van der Waals surface area contributed by atoms with E-state index in [4.69, 9.17) is 23.8 Å². The average Bonchev–Trinajstić information content (AvgIpc) is 2.05. The van der Waals surface area contributed by atoms with Crippen molar-refractivity contribution in [1.82, 2.24) is 9.97 Å². The van der Waals surface area contributed by atoms with Crippen LogP contribution in [0.5, 0.6) is 0 Å². The first-order valence-corrected chi connectivity index (χ1v) is 4.19. The lowest BCUT2D eigenvalue weighted by Crippen LogP contribution is -1.82. The summed E-state index contributed by atoms with van der Waals surface area (Å²) in [5.74, 6) is 0. The molecule has 1 aromatic carbocycles. The molecule has 1 N–H and O–H groups in total. The van der Waals surface area contributed by atoms with Crippen molar-refractivity contribution >= 4 is 34.7 Å². The maximum Gasteiger partial charge on any atom is 0.197 e. The number of aromatic nitrogens is 2. The minimum absolute atomic E-state index is 0.491. The summed E-state index contributed by atoms with van der Waals surface area (Å²) in [6.07, 6.45) is 1.71. The average molecular weight is 197 g/mol. The SMILES string of the molecule is S=c1ncc2cc(Cl)ccc2[nH]1. The summed E-state index contributed by atoms with van der Waals surface area (Å²) >= 11 is 10.7. The van der Waals surface area contributed by atoms with Gasteiger partial charge in [0.1, 0.15) is 0 Å². The quantitative estimate of drug-likeness (QED) is 0.657. The van der Waals surface area contributed by atoms with Crippen LogP contribution in [0.1, 0.15) is 0 Å². The van der Waals surface area contributed by atoms with Crippen molar-refractivity contribution in [1.29, 1.82) is 0 Å². The van der Waals surface area contributed by atoms with Crippen LogP contribution in [0.2, 0.25) is 5.02 Å². The van der Waals surface area contributed by atoms with E-state index in [1.165, 1.54) is 0 Å². The van der Waals surface area contributed by atoms with Gasteiger partial charge in [-0.25, -0.2) is 4.98 Å². The highest BCUT2D eigenvalue weighted by atomic mass is 35.5. The van der Waals surface area contributed by atoms with Gasteiger partial charge in [-0.3, -0.25) is 0 Å². The Morgan fingerprint density at radius 1 is 1.42 bits per heavy atom. The molecule has 0 aliphatic carbocycles. The lowest BCUT2D eigenvalue weighted by Gasteiger charge is -1.96. The summed E-state index contributed by atoms with van der Waals surface area (Å²) in [6.45, 7) is 0. The minimum Gasteiger partial charge on any atom is -0.330 e. The first kappa shape index (κ1) is 7.71. The number of nitrogens with one attached hydrogen (secondary N) is 1. The highest BCUT2D eigenvalue weighted by molar-refractivity contribution is 7.71. The zero-order valence-electron chi connectivity index (χ0n) is 6.04. The molecule has 0 saturated carbocycles. The Morgan fingerprint density at radius 3 is 3.08 bits per heavy atom. The Bertz CT molecular complexity index is 478. The predicted octanol–water partition coefficient (Wildman–Crippen LogP) is 2.95. The molecule has 0 aliphatic rings. The standard InChI is InChI=1S/C8H5ClN2S/c9-6-1-2-7-5(3-6)4-10-8(12)11-7/h1-4H,(H,10,11,12). The van der Waals surface area contributed by atoms with Gasteiger partial charge in [-0.15, -0.1) is 0 Å². The van der Waals surface area contributed by atoms with Gasteiger partial charge in [-0.05, 0) is 30.4 Å². The summed E-state index contributed by atoms with van der Waals surface area (Å²) in [5, 5.41) is 1.67. The lowest BCUT2D eigenvalue weighted by molar-refractivity contribution is 1.19. The molecule has 0 fully saturated rings. The van der Waals surface area contributed by atoms with Crippen molar-refractivity contribution in [3.05, 3.63) is 34.2 Å². The van der Waals surface area contributed by atoms with Crippen LogP contribution in [0, 0.1) is 4.77 Å². The van der Waals surface area contributed by atoms with Crippen LogP contribution >= 0.6 is 23.8 Å². The number of hydrogen-bond donors (Lipinski definition) is 1. The summed E-state index contributed by atoms with van der Waals surface area (Å²) in [7, 11) is 0. The number of halogens is 1. The van der Waals surface area contributed by atoms with E-state index in [0.29, 0.717) is 9.79 Å². The summed E-state index contributed by atoms with van der Waals surface area (Å²) in [6, 6.07) is 5.54. The maximum atomic E-state index is 5.79. The van der Waals surface area contributed by atoms with Crippen LogP contribution in [0.25, 0.3) is 10.9 Å². The van der Waals surface area contributed by atoms with Crippen LogP contribution in [-0.4, -0.2) is 9.97 Å². The van der Waals surface area contributed by atoms with Gasteiger partial charge in [0.15, 0.2) is 4.77 Å². The molecule has 0 aliphatic heterocycles. The van der Waals surface area contributed by atoms with Crippen molar-refractivity contribution in [3.8, 4) is 0 Å². The van der Waals surface area contributed by atoms with Crippen LogP contribution in [0.4, 0.5) is 0 Å². The van der Waals surface area contributed by atoms with Gasteiger partial charge in [0.25, 0.3) is 0 Å². The molecule has 0 spiro atoms. The van der Waals surface area contributed by atoms with E-state index in [9.17, 15) is 0 Å². The van der Waals surface area contributed by atoms with Crippen LogP contribution < -0.4 is 0 Å². The normalized spacial score (nSPS) is 10.4. The molecule has 0 unspecified atom stereocenters. The molecule has 0 atom stereocenters. The van der Waals surface area contributed by atoms with E-state index in [1.807, 2.05) is 18.2 Å². The molecule has 1 heterocycles. The Kier molecular flexibility index (Phi) is 1.83. The highest BCUT2D eigenvalue weighted by Crippen LogP contribution is 2.15. The molecule has 0 radical (unpaired) electrons. The molecular formula is C8H5ClN2S. The van der Waals surface area contributed by atoms with E-state index in [1.54, 1.807) is 6.20 Å². The van der Waals surface area contributed by atoms with Crippen LogP contribution in [-0.2, 0) is 0 Å². The highest BCUT2D eigenvalue weighted by Gasteiger charge is 1.93. The third-order valence-electron chi connectivity index (χ3n) is 1.58. The third kappa shape index (κ3) is 1.33. The van der Waals surface area contributed by atoms with E-state index >= 15 is 0 Å². The third-order valence-corrected chi connectivity index (χ3v) is 2.02. The molecule has 4 heteroatoms. The Balaban J connectivity index is 2.87. The molecule has 2 rings (SSSR count). The Morgan fingerprint density at radius 2 is 2.25 bits per heavy atom. The lowest BCUT2D eigenvalue weighted by atomic mass is 10.2. The maximum absolute atomic E-state index is 5.79. The smallest absolute Gasteiger partial charge is 0.197 e. The van der Waals surface area contributed by atoms with Crippen molar-refractivity contribution < 1.29 is 0 Å². The van der Waals surface area contributed by atoms with E-state index in [-0.39, 0.29) is 0 Å². The molecule has 2 aromatic rings. The van der Waals surface area contributed by atoms with Gasteiger partial charge in [0.05, 0.1) is 0 Å². The molecule has 0 bridgehead atoms. The molecule has 12 heavy (non-hydrogen) atoms. The minimum atomic E-state index is 0.491. The van der Waals surface area contributed by atoms with Gasteiger partial charge < -0.3 is 4.98 Å². The molecular weight excluding hydrogens is 192 g/mol. The fourth-order valence-electron chi connectivity index (χ4n) is 1.03. The largest absolute Gasteiger partial charge is 0.330 e.